The lowest BCUT2D eigenvalue weighted by molar-refractivity contribution is -0.146. The van der Waals surface area contributed by atoms with Gasteiger partial charge in [-0.2, -0.15) is 0 Å². The van der Waals surface area contributed by atoms with Gasteiger partial charge in [-0.25, -0.2) is 0 Å². The van der Waals surface area contributed by atoms with Crippen molar-refractivity contribution in [1.29, 1.82) is 0 Å². The number of halogens is 2. The Morgan fingerprint density at radius 3 is 2.03 bits per heavy atom. The molecule has 7 heteroatoms. The van der Waals surface area contributed by atoms with Crippen molar-refractivity contribution in [3.8, 4) is 0 Å². The normalized spacial score (nSPS) is 18.2. The smallest absolute Gasteiger partial charge is 0.242 e. The summed E-state index contributed by atoms with van der Waals surface area (Å²) in [4.78, 5) is 33.4. The average molecular weight is 537 g/mol. The van der Waals surface area contributed by atoms with E-state index in [9.17, 15) is 9.59 Å². The molecule has 2 aliphatic rings. The minimum Gasteiger partial charge on any atom is -0.339 e. The highest BCUT2D eigenvalue weighted by molar-refractivity contribution is 6.35. The van der Waals surface area contributed by atoms with E-state index in [4.69, 9.17) is 23.2 Å². The Bertz CT molecular complexity index is 1200. The van der Waals surface area contributed by atoms with Crippen molar-refractivity contribution in [2.45, 2.75) is 24.8 Å². The molecule has 0 radical (unpaired) electrons. The molecule has 2 heterocycles. The van der Waals surface area contributed by atoms with Crippen LogP contribution in [0.2, 0.25) is 10.0 Å². The molecule has 5 nitrogen and oxygen atoms in total. The van der Waals surface area contributed by atoms with Gasteiger partial charge in [0.15, 0.2) is 0 Å². The number of nitrogens with zero attached hydrogens (tertiary/aromatic N) is 3. The number of hydrogen-bond donors (Lipinski definition) is 0. The number of benzene rings is 3. The number of amides is 2. The van der Waals surface area contributed by atoms with Crippen molar-refractivity contribution in [2.24, 2.45) is 0 Å². The highest BCUT2D eigenvalue weighted by Gasteiger charge is 2.47. The molecule has 0 atom stereocenters. The van der Waals surface area contributed by atoms with E-state index in [-0.39, 0.29) is 18.4 Å². The van der Waals surface area contributed by atoms with Crippen LogP contribution in [-0.2, 0) is 21.5 Å². The third-order valence-corrected chi connectivity index (χ3v) is 8.21. The van der Waals surface area contributed by atoms with Crippen LogP contribution < -0.4 is 0 Å². The summed E-state index contributed by atoms with van der Waals surface area (Å²) in [7, 11) is 0. The predicted molar refractivity (Wildman–Crippen MR) is 148 cm³/mol. The molecule has 0 N–H and O–H groups in total. The minimum absolute atomic E-state index is 0.00875. The second-order valence-electron chi connectivity index (χ2n) is 9.86. The Morgan fingerprint density at radius 2 is 1.43 bits per heavy atom. The molecule has 2 fully saturated rings. The number of likely N-dealkylation sites (tertiary alicyclic amines) is 1. The molecule has 0 aliphatic carbocycles. The van der Waals surface area contributed by atoms with Crippen LogP contribution in [0.3, 0.4) is 0 Å². The molecule has 0 bridgehead atoms. The van der Waals surface area contributed by atoms with Gasteiger partial charge in [-0.15, -0.1) is 0 Å². The van der Waals surface area contributed by atoms with Gasteiger partial charge in [0.1, 0.15) is 0 Å². The summed E-state index contributed by atoms with van der Waals surface area (Å²) in [5.41, 5.74) is 2.23. The van der Waals surface area contributed by atoms with Crippen LogP contribution in [0.5, 0.6) is 0 Å². The van der Waals surface area contributed by atoms with E-state index in [0.717, 1.165) is 49.2 Å². The first-order valence-corrected chi connectivity index (χ1v) is 13.6. The molecule has 2 aliphatic heterocycles. The lowest BCUT2D eigenvalue weighted by atomic mass is 9.68. The van der Waals surface area contributed by atoms with Crippen LogP contribution in [0, 0.1) is 0 Å². The molecular weight excluding hydrogens is 505 g/mol. The Hall–Kier alpha value is -2.86. The number of piperidine rings is 1. The first kappa shape index (κ1) is 25.8. The maximum absolute atomic E-state index is 14.1. The van der Waals surface area contributed by atoms with Gasteiger partial charge in [-0.05, 0) is 41.7 Å². The van der Waals surface area contributed by atoms with E-state index in [1.807, 2.05) is 77.7 Å². The number of carbonyl (C=O) groups is 2. The molecule has 0 aromatic heterocycles. The van der Waals surface area contributed by atoms with Gasteiger partial charge in [-0.3, -0.25) is 14.5 Å². The highest BCUT2D eigenvalue weighted by Crippen LogP contribution is 2.41. The van der Waals surface area contributed by atoms with E-state index in [1.165, 1.54) is 0 Å². The summed E-state index contributed by atoms with van der Waals surface area (Å²) in [5.74, 6) is 0.0231. The molecule has 0 saturated carbocycles. The summed E-state index contributed by atoms with van der Waals surface area (Å²) < 4.78 is 0. The first-order valence-electron chi connectivity index (χ1n) is 12.8. The lowest BCUT2D eigenvalue weighted by Crippen LogP contribution is -2.56. The van der Waals surface area contributed by atoms with E-state index < -0.39 is 5.41 Å². The standard InChI is InChI=1S/C30H31Cl2N3O2/c31-26-13-12-23(27(32)20-26)21-33-16-18-34(19-17-33)28(36)22-35-15-7-14-30(29(35)37,24-8-3-1-4-9-24)25-10-5-2-6-11-25/h1-6,8-13,20H,7,14-19,21-22H2. The van der Waals surface area contributed by atoms with Crippen LogP contribution in [-0.4, -0.2) is 65.8 Å². The van der Waals surface area contributed by atoms with Gasteiger partial charge in [0.2, 0.25) is 11.8 Å². The third kappa shape index (κ3) is 5.40. The maximum atomic E-state index is 14.1. The van der Waals surface area contributed by atoms with E-state index in [2.05, 4.69) is 4.90 Å². The van der Waals surface area contributed by atoms with Crippen LogP contribution in [0.4, 0.5) is 0 Å². The summed E-state index contributed by atoms with van der Waals surface area (Å²) in [6.07, 6.45) is 1.58. The van der Waals surface area contributed by atoms with Crippen LogP contribution in [0.25, 0.3) is 0 Å². The van der Waals surface area contributed by atoms with Gasteiger partial charge in [-0.1, -0.05) is 89.9 Å². The van der Waals surface area contributed by atoms with Crippen LogP contribution in [0.15, 0.2) is 78.9 Å². The van der Waals surface area contributed by atoms with Gasteiger partial charge >= 0.3 is 0 Å². The SMILES string of the molecule is O=C(CN1CCCC(c2ccccc2)(c2ccccc2)C1=O)N1CCN(Cc2ccc(Cl)cc2Cl)CC1. The highest BCUT2D eigenvalue weighted by atomic mass is 35.5. The molecular formula is C30H31Cl2N3O2. The topological polar surface area (TPSA) is 43.9 Å². The largest absolute Gasteiger partial charge is 0.339 e. The van der Waals surface area contributed by atoms with Crippen molar-refractivity contribution in [3.05, 3.63) is 106 Å². The third-order valence-electron chi connectivity index (χ3n) is 7.63. The molecule has 37 heavy (non-hydrogen) atoms. The van der Waals surface area contributed by atoms with E-state index in [1.54, 1.807) is 11.0 Å². The van der Waals surface area contributed by atoms with Crippen LogP contribution in [0.1, 0.15) is 29.5 Å². The second kappa shape index (κ2) is 11.3. The Morgan fingerprint density at radius 1 is 0.811 bits per heavy atom. The lowest BCUT2D eigenvalue weighted by Gasteiger charge is -2.43. The number of carbonyl (C=O) groups excluding carboxylic acids is 2. The number of hydrogen-bond acceptors (Lipinski definition) is 3. The molecule has 0 spiro atoms. The molecule has 3 aromatic carbocycles. The van der Waals surface area contributed by atoms with Gasteiger partial charge < -0.3 is 9.80 Å². The minimum atomic E-state index is -0.766. The first-order chi connectivity index (χ1) is 18.0. The van der Waals surface area contributed by atoms with Crippen molar-refractivity contribution >= 4 is 35.0 Å². The zero-order valence-electron chi connectivity index (χ0n) is 20.8. The number of rotatable bonds is 6. The number of piperazine rings is 1. The molecule has 2 saturated heterocycles. The summed E-state index contributed by atoms with van der Waals surface area (Å²) in [5, 5.41) is 1.29. The summed E-state index contributed by atoms with van der Waals surface area (Å²) >= 11 is 12.4. The second-order valence-corrected chi connectivity index (χ2v) is 10.7. The van der Waals surface area contributed by atoms with Crippen molar-refractivity contribution in [2.75, 3.05) is 39.3 Å². The fraction of sp³-hybridized carbons (Fsp3) is 0.333. The van der Waals surface area contributed by atoms with Gasteiger partial charge in [0.05, 0.1) is 12.0 Å². The zero-order chi connectivity index (χ0) is 25.8. The predicted octanol–water partition coefficient (Wildman–Crippen LogP) is 5.25. The summed E-state index contributed by atoms with van der Waals surface area (Å²) in [6.45, 7) is 4.22. The molecule has 192 valence electrons. The van der Waals surface area contributed by atoms with Crippen LogP contribution >= 0.6 is 23.2 Å². The molecule has 3 aromatic rings. The maximum Gasteiger partial charge on any atom is 0.242 e. The van der Waals surface area contributed by atoms with Gasteiger partial charge in [0, 0.05) is 49.3 Å². The van der Waals surface area contributed by atoms with Crippen molar-refractivity contribution in [1.82, 2.24) is 14.7 Å². The van der Waals surface area contributed by atoms with E-state index in [0.29, 0.717) is 29.7 Å². The monoisotopic (exact) mass is 535 g/mol. The quantitative estimate of drug-likeness (QED) is 0.433. The fourth-order valence-electron chi connectivity index (χ4n) is 5.62. The molecule has 2 amide bonds. The average Bonchev–Trinajstić information content (AvgIpc) is 2.93. The Labute approximate surface area is 228 Å². The fourth-order valence-corrected chi connectivity index (χ4v) is 6.09. The Kier molecular flexibility index (Phi) is 7.84. The Balaban J connectivity index is 1.26. The summed E-state index contributed by atoms with van der Waals surface area (Å²) in [6, 6.07) is 25.5. The van der Waals surface area contributed by atoms with Gasteiger partial charge in [0.25, 0.3) is 0 Å². The molecule has 0 unspecified atom stereocenters. The van der Waals surface area contributed by atoms with Crippen molar-refractivity contribution in [3.63, 3.8) is 0 Å². The van der Waals surface area contributed by atoms with E-state index >= 15 is 0 Å². The van der Waals surface area contributed by atoms with Crippen molar-refractivity contribution < 1.29 is 9.59 Å². The zero-order valence-corrected chi connectivity index (χ0v) is 22.3. The molecule has 5 rings (SSSR count).